The van der Waals surface area contributed by atoms with Crippen molar-refractivity contribution in [1.29, 1.82) is 0 Å². The van der Waals surface area contributed by atoms with E-state index in [0.717, 1.165) is 4.68 Å². The second-order valence-corrected chi connectivity index (χ2v) is 2.67. The molecule has 2 rings (SSSR count). The SMILES string of the molecule is Cn1nc2c(c(N)c1=O)OCCO2. The van der Waals surface area contributed by atoms with Crippen LogP contribution in [0.15, 0.2) is 4.79 Å². The fraction of sp³-hybridized carbons (Fsp3) is 0.429. The fourth-order valence-electron chi connectivity index (χ4n) is 1.13. The molecule has 0 saturated carbocycles. The summed E-state index contributed by atoms with van der Waals surface area (Å²) in [7, 11) is 1.51. The summed E-state index contributed by atoms with van der Waals surface area (Å²) in [5, 5.41) is 3.85. The molecule has 1 aliphatic heterocycles. The first kappa shape index (κ1) is 7.90. The number of aryl methyl sites for hydroxylation is 1. The topological polar surface area (TPSA) is 79.4 Å². The van der Waals surface area contributed by atoms with Gasteiger partial charge in [-0.15, -0.1) is 5.10 Å². The molecule has 2 N–H and O–H groups in total. The third kappa shape index (κ3) is 1.10. The Bertz CT molecular complexity index is 399. The van der Waals surface area contributed by atoms with Gasteiger partial charge in [-0.3, -0.25) is 4.79 Å². The molecule has 0 atom stereocenters. The Balaban J connectivity index is 2.67. The van der Waals surface area contributed by atoms with Gasteiger partial charge >= 0.3 is 0 Å². The van der Waals surface area contributed by atoms with E-state index >= 15 is 0 Å². The van der Waals surface area contributed by atoms with Crippen LogP contribution in [0.1, 0.15) is 0 Å². The highest BCUT2D eigenvalue weighted by Gasteiger charge is 2.19. The first-order chi connectivity index (χ1) is 6.20. The fourth-order valence-corrected chi connectivity index (χ4v) is 1.13. The molecule has 0 aromatic carbocycles. The van der Waals surface area contributed by atoms with Gasteiger partial charge in [0.05, 0.1) is 0 Å². The standard InChI is InChI=1S/C7H9N3O3/c1-10-7(11)4(8)5-6(9-10)13-3-2-12-5/h2-3,8H2,1H3. The number of nitrogens with two attached hydrogens (primary N) is 1. The van der Waals surface area contributed by atoms with E-state index in [0.29, 0.717) is 13.2 Å². The van der Waals surface area contributed by atoms with Crippen LogP contribution in [0.25, 0.3) is 0 Å². The van der Waals surface area contributed by atoms with Gasteiger partial charge in [0, 0.05) is 7.05 Å². The van der Waals surface area contributed by atoms with Crippen LogP contribution < -0.4 is 20.8 Å². The zero-order valence-corrected chi connectivity index (χ0v) is 7.11. The molecule has 70 valence electrons. The Kier molecular flexibility index (Phi) is 1.61. The smallest absolute Gasteiger partial charge is 0.293 e. The molecule has 0 unspecified atom stereocenters. The van der Waals surface area contributed by atoms with Gasteiger partial charge in [0.1, 0.15) is 18.9 Å². The Labute approximate surface area is 73.9 Å². The summed E-state index contributed by atoms with van der Waals surface area (Å²) >= 11 is 0. The summed E-state index contributed by atoms with van der Waals surface area (Å²) in [6.45, 7) is 0.823. The molecule has 0 spiro atoms. The van der Waals surface area contributed by atoms with E-state index in [9.17, 15) is 4.79 Å². The van der Waals surface area contributed by atoms with E-state index < -0.39 is 0 Å². The van der Waals surface area contributed by atoms with Crippen LogP contribution >= 0.6 is 0 Å². The van der Waals surface area contributed by atoms with E-state index in [2.05, 4.69) is 5.10 Å². The van der Waals surface area contributed by atoms with Gasteiger partial charge in [0.15, 0.2) is 0 Å². The zero-order chi connectivity index (χ0) is 9.42. The number of fused-ring (bicyclic) bond motifs is 1. The maximum atomic E-state index is 11.3. The van der Waals surface area contributed by atoms with E-state index in [-0.39, 0.29) is 22.9 Å². The lowest BCUT2D eigenvalue weighted by molar-refractivity contribution is 0.161. The van der Waals surface area contributed by atoms with Crippen molar-refractivity contribution in [3.63, 3.8) is 0 Å². The number of nitrogens with zero attached hydrogens (tertiary/aromatic N) is 2. The lowest BCUT2D eigenvalue weighted by Gasteiger charge is -2.18. The van der Waals surface area contributed by atoms with Gasteiger partial charge < -0.3 is 15.2 Å². The van der Waals surface area contributed by atoms with E-state index in [1.54, 1.807) is 0 Å². The first-order valence-electron chi connectivity index (χ1n) is 3.82. The van der Waals surface area contributed by atoms with Crippen LogP contribution in [0.5, 0.6) is 11.6 Å². The van der Waals surface area contributed by atoms with Crippen molar-refractivity contribution in [3.05, 3.63) is 10.4 Å². The van der Waals surface area contributed by atoms with Crippen LogP contribution in [0, 0.1) is 0 Å². The normalized spacial score (nSPS) is 14.2. The Morgan fingerprint density at radius 3 is 2.92 bits per heavy atom. The van der Waals surface area contributed by atoms with Gasteiger partial charge in [-0.05, 0) is 0 Å². The Morgan fingerprint density at radius 2 is 2.15 bits per heavy atom. The molecule has 0 bridgehead atoms. The molecule has 0 amide bonds. The lowest BCUT2D eigenvalue weighted by Crippen LogP contribution is -2.28. The van der Waals surface area contributed by atoms with Crippen molar-refractivity contribution in [2.24, 2.45) is 7.05 Å². The third-order valence-electron chi connectivity index (χ3n) is 1.77. The van der Waals surface area contributed by atoms with Gasteiger partial charge in [-0.1, -0.05) is 0 Å². The number of ether oxygens (including phenoxy) is 2. The number of aromatic nitrogens is 2. The zero-order valence-electron chi connectivity index (χ0n) is 7.11. The molecule has 13 heavy (non-hydrogen) atoms. The van der Waals surface area contributed by atoms with Gasteiger partial charge in [-0.2, -0.15) is 0 Å². The van der Waals surface area contributed by atoms with Gasteiger partial charge in [0.2, 0.25) is 5.75 Å². The number of anilines is 1. The number of rotatable bonds is 0. The highest BCUT2D eigenvalue weighted by atomic mass is 16.6. The second-order valence-electron chi connectivity index (χ2n) is 2.67. The molecule has 0 fully saturated rings. The minimum Gasteiger partial charge on any atom is -0.483 e. The van der Waals surface area contributed by atoms with Crippen molar-refractivity contribution < 1.29 is 9.47 Å². The van der Waals surface area contributed by atoms with Crippen LogP contribution in [-0.4, -0.2) is 23.0 Å². The molecule has 0 radical (unpaired) electrons. The minimum atomic E-state index is -0.371. The number of hydrogen-bond acceptors (Lipinski definition) is 5. The summed E-state index contributed by atoms with van der Waals surface area (Å²) < 4.78 is 11.5. The summed E-state index contributed by atoms with van der Waals surface area (Å²) in [5.41, 5.74) is 5.20. The first-order valence-corrected chi connectivity index (χ1v) is 3.82. The van der Waals surface area contributed by atoms with E-state index in [1.807, 2.05) is 0 Å². The number of hydrogen-bond donors (Lipinski definition) is 1. The minimum absolute atomic E-state index is 0.0483. The van der Waals surface area contributed by atoms with Crippen molar-refractivity contribution in [1.82, 2.24) is 9.78 Å². The van der Waals surface area contributed by atoms with Crippen LogP contribution in [-0.2, 0) is 7.05 Å². The second kappa shape index (κ2) is 2.65. The highest BCUT2D eigenvalue weighted by molar-refractivity contribution is 5.56. The van der Waals surface area contributed by atoms with Crippen LogP contribution in [0.2, 0.25) is 0 Å². The monoisotopic (exact) mass is 183 g/mol. The largest absolute Gasteiger partial charge is 0.483 e. The molecule has 0 saturated heterocycles. The van der Waals surface area contributed by atoms with E-state index in [4.69, 9.17) is 15.2 Å². The third-order valence-corrected chi connectivity index (χ3v) is 1.77. The van der Waals surface area contributed by atoms with Gasteiger partial charge in [-0.25, -0.2) is 4.68 Å². The maximum absolute atomic E-state index is 11.3. The Morgan fingerprint density at radius 1 is 1.46 bits per heavy atom. The molecule has 1 aliphatic rings. The quantitative estimate of drug-likeness (QED) is 0.565. The van der Waals surface area contributed by atoms with Crippen LogP contribution in [0.3, 0.4) is 0 Å². The molecular formula is C7H9N3O3. The van der Waals surface area contributed by atoms with Crippen molar-refractivity contribution in [3.8, 4) is 11.6 Å². The Hall–Kier alpha value is -1.72. The number of nitrogen functional groups attached to an aromatic ring is 1. The van der Waals surface area contributed by atoms with Crippen LogP contribution in [0.4, 0.5) is 5.69 Å². The predicted octanol–water partition coefficient (Wildman–Crippen LogP) is -0.866. The lowest BCUT2D eigenvalue weighted by atomic mass is 10.4. The van der Waals surface area contributed by atoms with Crippen molar-refractivity contribution in [2.75, 3.05) is 18.9 Å². The summed E-state index contributed by atoms with van der Waals surface area (Å²) in [6, 6.07) is 0. The molecule has 1 aromatic heterocycles. The summed E-state index contributed by atoms with van der Waals surface area (Å²) in [6.07, 6.45) is 0. The summed E-state index contributed by atoms with van der Waals surface area (Å²) in [4.78, 5) is 11.3. The average molecular weight is 183 g/mol. The predicted molar refractivity (Wildman–Crippen MR) is 44.9 cm³/mol. The molecule has 6 nitrogen and oxygen atoms in total. The molecule has 1 aromatic rings. The summed E-state index contributed by atoms with van der Waals surface area (Å²) in [5.74, 6) is 0.542. The van der Waals surface area contributed by atoms with Crippen molar-refractivity contribution in [2.45, 2.75) is 0 Å². The highest BCUT2D eigenvalue weighted by Crippen LogP contribution is 2.30. The van der Waals surface area contributed by atoms with E-state index in [1.165, 1.54) is 7.05 Å². The maximum Gasteiger partial charge on any atom is 0.293 e. The molecular weight excluding hydrogens is 174 g/mol. The average Bonchev–Trinajstić information content (AvgIpc) is 2.15. The van der Waals surface area contributed by atoms with Crippen molar-refractivity contribution >= 4 is 5.69 Å². The molecule has 6 heteroatoms. The molecule has 2 heterocycles. The molecule has 0 aliphatic carbocycles. The van der Waals surface area contributed by atoms with Gasteiger partial charge in [0.25, 0.3) is 11.4 Å².